The van der Waals surface area contributed by atoms with Crippen molar-refractivity contribution in [3.8, 4) is 5.69 Å². The normalized spacial score (nSPS) is 13.9. The van der Waals surface area contributed by atoms with E-state index in [1.165, 1.54) is 0 Å². The Kier molecular flexibility index (Phi) is 3.04. The second-order valence-corrected chi connectivity index (χ2v) is 5.40. The maximum atomic E-state index is 12.6. The molecule has 0 radical (unpaired) electrons. The van der Waals surface area contributed by atoms with E-state index in [-0.39, 0.29) is 5.91 Å². The molecule has 3 heterocycles. The molecule has 0 spiro atoms. The lowest BCUT2D eigenvalue weighted by Gasteiger charge is -2.27. The Labute approximate surface area is 128 Å². The number of rotatable bonds is 2. The third kappa shape index (κ3) is 2.20. The van der Waals surface area contributed by atoms with Gasteiger partial charge in [0.05, 0.1) is 6.54 Å². The number of benzene rings is 1. The third-order valence-corrected chi connectivity index (χ3v) is 4.05. The minimum Gasteiger partial charge on any atom is -0.332 e. The average molecular weight is 292 g/mol. The summed E-state index contributed by atoms with van der Waals surface area (Å²) in [5, 5.41) is 0. The van der Waals surface area contributed by atoms with Crippen LogP contribution in [-0.4, -0.2) is 31.5 Å². The van der Waals surface area contributed by atoms with E-state index < -0.39 is 0 Å². The van der Waals surface area contributed by atoms with E-state index in [4.69, 9.17) is 0 Å². The van der Waals surface area contributed by atoms with Gasteiger partial charge in [0, 0.05) is 49.1 Å². The topological polar surface area (TPSA) is 43.1 Å². The molecule has 0 unspecified atom stereocenters. The van der Waals surface area contributed by atoms with E-state index in [0.29, 0.717) is 6.54 Å². The van der Waals surface area contributed by atoms with Crippen molar-refractivity contribution < 1.29 is 4.79 Å². The van der Waals surface area contributed by atoms with Crippen LogP contribution in [0.2, 0.25) is 0 Å². The Morgan fingerprint density at radius 3 is 2.55 bits per heavy atom. The molecule has 3 aromatic rings. The van der Waals surface area contributed by atoms with Crippen LogP contribution >= 0.6 is 0 Å². The zero-order valence-electron chi connectivity index (χ0n) is 12.1. The highest BCUT2D eigenvalue weighted by Crippen LogP contribution is 2.16. The lowest BCUT2D eigenvalue weighted by Crippen LogP contribution is -2.38. The van der Waals surface area contributed by atoms with Gasteiger partial charge in [-0.25, -0.2) is 4.98 Å². The summed E-state index contributed by atoms with van der Waals surface area (Å²) in [6.45, 7) is 2.11. The summed E-state index contributed by atoms with van der Waals surface area (Å²) >= 11 is 0. The number of hydrogen-bond donors (Lipinski definition) is 0. The van der Waals surface area contributed by atoms with Gasteiger partial charge in [-0.2, -0.15) is 0 Å². The Morgan fingerprint density at radius 1 is 1.00 bits per heavy atom. The third-order valence-electron chi connectivity index (χ3n) is 4.05. The van der Waals surface area contributed by atoms with E-state index in [0.717, 1.165) is 30.2 Å². The fraction of sp³-hybridized carbons (Fsp3) is 0.176. The summed E-state index contributed by atoms with van der Waals surface area (Å²) in [5.74, 6) is 1.01. The predicted octanol–water partition coefficient (Wildman–Crippen LogP) is 2.33. The van der Waals surface area contributed by atoms with Crippen molar-refractivity contribution in [2.75, 3.05) is 6.54 Å². The molecule has 1 aromatic carbocycles. The molecular formula is C17H16N4O. The molecule has 4 rings (SSSR count). The van der Waals surface area contributed by atoms with E-state index in [2.05, 4.69) is 9.55 Å². The highest BCUT2D eigenvalue weighted by atomic mass is 16.2. The molecule has 1 aliphatic rings. The number of carbonyl (C=O) groups is 1. The summed E-state index contributed by atoms with van der Waals surface area (Å²) in [6, 6.07) is 11.7. The Hall–Kier alpha value is -2.82. The van der Waals surface area contributed by atoms with E-state index >= 15 is 0 Å². The summed E-state index contributed by atoms with van der Waals surface area (Å²) < 4.78 is 4.12. The quantitative estimate of drug-likeness (QED) is 0.727. The monoisotopic (exact) mass is 292 g/mol. The lowest BCUT2D eigenvalue weighted by atomic mass is 10.1. The number of amides is 1. The van der Waals surface area contributed by atoms with E-state index in [1.54, 1.807) is 6.20 Å². The first kappa shape index (κ1) is 12.9. The Morgan fingerprint density at radius 2 is 1.77 bits per heavy atom. The van der Waals surface area contributed by atoms with Gasteiger partial charge in [-0.3, -0.25) is 4.79 Å². The van der Waals surface area contributed by atoms with Crippen LogP contribution in [0.3, 0.4) is 0 Å². The predicted molar refractivity (Wildman–Crippen MR) is 82.7 cm³/mol. The minimum atomic E-state index is 0.0632. The molecule has 0 fully saturated rings. The zero-order chi connectivity index (χ0) is 14.9. The molecule has 22 heavy (non-hydrogen) atoms. The standard InChI is InChI=1S/C17H16N4O/c22-17(21-12-11-20-10-7-18-16(20)13-21)14-3-5-15(6-4-14)19-8-1-2-9-19/h1-10H,11-13H2. The van der Waals surface area contributed by atoms with Crippen molar-refractivity contribution in [2.45, 2.75) is 13.1 Å². The molecule has 0 bridgehead atoms. The van der Waals surface area contributed by atoms with Crippen molar-refractivity contribution in [3.05, 3.63) is 72.6 Å². The van der Waals surface area contributed by atoms with Gasteiger partial charge in [0.25, 0.3) is 5.91 Å². The Balaban J connectivity index is 1.54. The second-order valence-electron chi connectivity index (χ2n) is 5.40. The Bertz CT molecular complexity index is 786. The van der Waals surface area contributed by atoms with Crippen LogP contribution in [0.1, 0.15) is 16.2 Å². The van der Waals surface area contributed by atoms with Gasteiger partial charge >= 0.3 is 0 Å². The molecule has 110 valence electrons. The van der Waals surface area contributed by atoms with Crippen LogP contribution in [0.4, 0.5) is 0 Å². The molecule has 1 amide bonds. The first-order valence-electron chi connectivity index (χ1n) is 7.34. The smallest absolute Gasteiger partial charge is 0.254 e. The van der Waals surface area contributed by atoms with Crippen molar-refractivity contribution >= 4 is 5.91 Å². The molecule has 5 heteroatoms. The van der Waals surface area contributed by atoms with Gasteiger partial charge in [-0.1, -0.05) is 0 Å². The largest absolute Gasteiger partial charge is 0.332 e. The molecule has 2 aromatic heterocycles. The first-order chi connectivity index (χ1) is 10.8. The van der Waals surface area contributed by atoms with Gasteiger partial charge in [-0.15, -0.1) is 0 Å². The highest BCUT2D eigenvalue weighted by Gasteiger charge is 2.22. The number of imidazole rings is 1. The summed E-state index contributed by atoms with van der Waals surface area (Å²) in [5.41, 5.74) is 1.77. The SMILES string of the molecule is O=C(c1ccc(-n2cccc2)cc1)N1CCn2ccnc2C1. The van der Waals surface area contributed by atoms with Crippen LogP contribution in [0.15, 0.2) is 61.2 Å². The summed E-state index contributed by atoms with van der Waals surface area (Å²) in [4.78, 5) is 18.8. The van der Waals surface area contributed by atoms with E-state index in [9.17, 15) is 4.79 Å². The van der Waals surface area contributed by atoms with Gasteiger partial charge < -0.3 is 14.0 Å². The number of aromatic nitrogens is 3. The van der Waals surface area contributed by atoms with Gasteiger partial charge in [-0.05, 0) is 36.4 Å². The van der Waals surface area contributed by atoms with Crippen LogP contribution < -0.4 is 0 Å². The number of carbonyl (C=O) groups excluding carboxylic acids is 1. The maximum absolute atomic E-state index is 12.6. The fourth-order valence-corrected chi connectivity index (χ4v) is 2.81. The van der Waals surface area contributed by atoms with Gasteiger partial charge in [0.1, 0.15) is 5.82 Å². The van der Waals surface area contributed by atoms with Crippen LogP contribution in [-0.2, 0) is 13.1 Å². The molecule has 5 nitrogen and oxygen atoms in total. The molecule has 0 N–H and O–H groups in total. The van der Waals surface area contributed by atoms with Crippen LogP contribution in [0.25, 0.3) is 5.69 Å². The van der Waals surface area contributed by atoms with Crippen molar-refractivity contribution in [1.29, 1.82) is 0 Å². The van der Waals surface area contributed by atoms with Gasteiger partial charge in [0.15, 0.2) is 0 Å². The molecule has 0 atom stereocenters. The summed E-state index contributed by atoms with van der Waals surface area (Å²) in [6.07, 6.45) is 7.72. The van der Waals surface area contributed by atoms with Crippen molar-refractivity contribution in [1.82, 2.24) is 19.0 Å². The first-order valence-corrected chi connectivity index (χ1v) is 7.34. The zero-order valence-corrected chi connectivity index (χ0v) is 12.1. The minimum absolute atomic E-state index is 0.0632. The fourth-order valence-electron chi connectivity index (χ4n) is 2.81. The van der Waals surface area contributed by atoms with Crippen molar-refractivity contribution in [2.24, 2.45) is 0 Å². The van der Waals surface area contributed by atoms with Crippen LogP contribution in [0.5, 0.6) is 0 Å². The highest BCUT2D eigenvalue weighted by molar-refractivity contribution is 5.94. The summed E-state index contributed by atoms with van der Waals surface area (Å²) in [7, 11) is 0. The lowest BCUT2D eigenvalue weighted by molar-refractivity contribution is 0.0707. The number of nitrogens with zero attached hydrogens (tertiary/aromatic N) is 4. The molecule has 0 saturated heterocycles. The van der Waals surface area contributed by atoms with Gasteiger partial charge in [0.2, 0.25) is 0 Å². The molecular weight excluding hydrogens is 276 g/mol. The molecule has 0 saturated carbocycles. The van der Waals surface area contributed by atoms with E-state index in [1.807, 2.05) is 64.5 Å². The second kappa shape index (κ2) is 5.18. The molecule has 0 aliphatic carbocycles. The van der Waals surface area contributed by atoms with Crippen molar-refractivity contribution in [3.63, 3.8) is 0 Å². The average Bonchev–Trinajstić information content (AvgIpc) is 3.25. The van der Waals surface area contributed by atoms with Crippen LogP contribution in [0, 0.1) is 0 Å². The maximum Gasteiger partial charge on any atom is 0.254 e. The number of fused-ring (bicyclic) bond motifs is 1. The number of hydrogen-bond acceptors (Lipinski definition) is 2. The molecule has 1 aliphatic heterocycles.